The van der Waals surface area contributed by atoms with E-state index in [2.05, 4.69) is 10.3 Å². The summed E-state index contributed by atoms with van der Waals surface area (Å²) in [6, 6.07) is 13.0. The fourth-order valence-corrected chi connectivity index (χ4v) is 2.94. The molecule has 0 aliphatic rings. The number of ketones is 1. The zero-order valence-electron chi connectivity index (χ0n) is 15.7. The van der Waals surface area contributed by atoms with Crippen molar-refractivity contribution in [2.24, 2.45) is 0 Å². The average molecular weight is 396 g/mol. The molecule has 3 rings (SSSR count). The summed E-state index contributed by atoms with van der Waals surface area (Å²) in [4.78, 5) is 38.7. The molecule has 1 amide bonds. The number of aromatic nitrogens is 1. The summed E-state index contributed by atoms with van der Waals surface area (Å²) in [6.07, 6.45) is 2.36. The van der Waals surface area contributed by atoms with Gasteiger partial charge in [0.25, 0.3) is 5.91 Å². The lowest BCUT2D eigenvalue weighted by molar-refractivity contribution is -0.148. The van der Waals surface area contributed by atoms with Gasteiger partial charge in [0.1, 0.15) is 5.82 Å². The summed E-state index contributed by atoms with van der Waals surface area (Å²) in [6.45, 7) is 0.0265. The van der Waals surface area contributed by atoms with Gasteiger partial charge in [-0.25, -0.2) is 4.39 Å². The van der Waals surface area contributed by atoms with E-state index in [1.165, 1.54) is 24.3 Å². The normalized spacial score (nSPS) is 10.7. The number of ether oxygens (including phenoxy) is 1. The van der Waals surface area contributed by atoms with Crippen LogP contribution in [0.2, 0.25) is 0 Å². The van der Waals surface area contributed by atoms with Crippen LogP contribution in [0.5, 0.6) is 0 Å². The highest BCUT2D eigenvalue weighted by Gasteiger charge is 2.12. The van der Waals surface area contributed by atoms with E-state index < -0.39 is 24.3 Å². The number of H-pyrrole nitrogens is 1. The number of Topliss-reactive ketones (excluding diaryl/α,β-unsaturated/α-hetero) is 1. The molecule has 2 N–H and O–H groups in total. The van der Waals surface area contributed by atoms with Gasteiger partial charge in [-0.3, -0.25) is 14.4 Å². The zero-order chi connectivity index (χ0) is 20.6. The molecule has 0 bridgehead atoms. The number of amides is 1. The van der Waals surface area contributed by atoms with Crippen LogP contribution in [0.15, 0.2) is 54.7 Å². The number of halogens is 1. The van der Waals surface area contributed by atoms with E-state index in [-0.39, 0.29) is 18.6 Å². The van der Waals surface area contributed by atoms with E-state index in [1.54, 1.807) is 0 Å². The summed E-state index contributed by atoms with van der Waals surface area (Å²) >= 11 is 0. The van der Waals surface area contributed by atoms with Gasteiger partial charge in [0.05, 0.1) is 6.42 Å². The lowest BCUT2D eigenvalue weighted by Gasteiger charge is -2.06. The highest BCUT2D eigenvalue weighted by Crippen LogP contribution is 2.17. The Balaban J connectivity index is 1.34. The first-order chi connectivity index (χ1) is 14.0. The number of para-hydroxylation sites is 1. The van der Waals surface area contributed by atoms with Crippen molar-refractivity contribution in [1.29, 1.82) is 0 Å². The van der Waals surface area contributed by atoms with E-state index in [1.807, 2.05) is 30.5 Å². The van der Waals surface area contributed by atoms with Crippen LogP contribution >= 0.6 is 0 Å². The first kappa shape index (κ1) is 20.3. The Morgan fingerprint density at radius 2 is 1.76 bits per heavy atom. The molecule has 6 nitrogen and oxygen atoms in total. The highest BCUT2D eigenvalue weighted by atomic mass is 19.1. The summed E-state index contributed by atoms with van der Waals surface area (Å²) in [7, 11) is 0. The SMILES string of the molecule is O=C(COC(=O)CCC(=O)c1ccc(F)cc1)NCCc1c[nH]c2ccccc12. The maximum Gasteiger partial charge on any atom is 0.306 e. The maximum absolute atomic E-state index is 12.9. The molecule has 7 heteroatoms. The largest absolute Gasteiger partial charge is 0.456 e. The van der Waals surface area contributed by atoms with Crippen LogP contribution in [-0.4, -0.2) is 35.8 Å². The van der Waals surface area contributed by atoms with E-state index in [9.17, 15) is 18.8 Å². The van der Waals surface area contributed by atoms with Gasteiger partial charge in [-0.2, -0.15) is 0 Å². The fraction of sp³-hybridized carbons (Fsp3) is 0.227. The van der Waals surface area contributed by atoms with Crippen molar-refractivity contribution < 1.29 is 23.5 Å². The van der Waals surface area contributed by atoms with Gasteiger partial charge in [-0.15, -0.1) is 0 Å². The van der Waals surface area contributed by atoms with Crippen molar-refractivity contribution in [3.05, 3.63) is 71.7 Å². The standard InChI is InChI=1S/C22H21FN2O4/c23-17-7-5-15(6-8-17)20(26)9-10-22(28)29-14-21(27)24-12-11-16-13-25-19-4-2-1-3-18(16)19/h1-8,13,25H,9-12,14H2,(H,24,27). The lowest BCUT2D eigenvalue weighted by Crippen LogP contribution is -2.30. The van der Waals surface area contributed by atoms with Gasteiger partial charge in [0.2, 0.25) is 0 Å². The molecule has 0 saturated heterocycles. The number of carbonyl (C=O) groups is 3. The number of carbonyl (C=O) groups excluding carboxylic acids is 3. The van der Waals surface area contributed by atoms with Crippen molar-refractivity contribution in [3.63, 3.8) is 0 Å². The Morgan fingerprint density at radius 3 is 2.55 bits per heavy atom. The second-order valence-electron chi connectivity index (χ2n) is 6.55. The molecule has 1 aromatic heterocycles. The number of hydrogen-bond acceptors (Lipinski definition) is 4. The number of esters is 1. The third-order valence-electron chi connectivity index (χ3n) is 4.48. The van der Waals surface area contributed by atoms with E-state index >= 15 is 0 Å². The Bertz CT molecular complexity index is 1010. The number of fused-ring (bicyclic) bond motifs is 1. The molecule has 0 aliphatic carbocycles. The first-order valence-electron chi connectivity index (χ1n) is 9.29. The molecule has 0 fully saturated rings. The summed E-state index contributed by atoms with van der Waals surface area (Å²) in [5.74, 6) is -1.75. The second kappa shape index (κ2) is 9.64. The van der Waals surface area contributed by atoms with Gasteiger partial charge in [0, 0.05) is 35.6 Å². The number of rotatable bonds is 9. The Hall–Kier alpha value is -3.48. The molecule has 150 valence electrons. The number of nitrogens with one attached hydrogen (secondary N) is 2. The lowest BCUT2D eigenvalue weighted by atomic mass is 10.1. The Kier molecular flexibility index (Phi) is 6.73. The maximum atomic E-state index is 12.9. The van der Waals surface area contributed by atoms with Crippen LogP contribution in [0.1, 0.15) is 28.8 Å². The van der Waals surface area contributed by atoms with Crippen LogP contribution in [-0.2, 0) is 20.7 Å². The van der Waals surface area contributed by atoms with Crippen LogP contribution in [0, 0.1) is 5.82 Å². The van der Waals surface area contributed by atoms with Crippen molar-refractivity contribution in [2.45, 2.75) is 19.3 Å². The fourth-order valence-electron chi connectivity index (χ4n) is 2.94. The van der Waals surface area contributed by atoms with E-state index in [4.69, 9.17) is 4.74 Å². The minimum absolute atomic E-state index is 0.0628. The van der Waals surface area contributed by atoms with Crippen molar-refractivity contribution in [1.82, 2.24) is 10.3 Å². The van der Waals surface area contributed by atoms with Gasteiger partial charge < -0.3 is 15.0 Å². The van der Waals surface area contributed by atoms with Gasteiger partial charge in [-0.05, 0) is 42.3 Å². The molecule has 2 aromatic carbocycles. The molecular formula is C22H21FN2O4. The number of benzene rings is 2. The topological polar surface area (TPSA) is 88.3 Å². The minimum atomic E-state index is -0.632. The molecular weight excluding hydrogens is 375 g/mol. The second-order valence-corrected chi connectivity index (χ2v) is 6.55. The Morgan fingerprint density at radius 1 is 1.00 bits per heavy atom. The van der Waals surface area contributed by atoms with Crippen LogP contribution in [0.3, 0.4) is 0 Å². The third kappa shape index (κ3) is 5.75. The molecule has 3 aromatic rings. The summed E-state index contributed by atoms with van der Waals surface area (Å²) in [5.41, 5.74) is 2.46. The van der Waals surface area contributed by atoms with Crippen LogP contribution in [0.25, 0.3) is 10.9 Å². The van der Waals surface area contributed by atoms with Crippen molar-refractivity contribution in [2.75, 3.05) is 13.2 Å². The van der Waals surface area contributed by atoms with Gasteiger partial charge >= 0.3 is 5.97 Å². The minimum Gasteiger partial charge on any atom is -0.456 e. The molecule has 29 heavy (non-hydrogen) atoms. The molecule has 0 atom stereocenters. The number of aromatic amines is 1. The van der Waals surface area contributed by atoms with E-state index in [0.717, 1.165) is 16.5 Å². The smallest absolute Gasteiger partial charge is 0.306 e. The zero-order valence-corrected chi connectivity index (χ0v) is 15.7. The van der Waals surface area contributed by atoms with Crippen molar-refractivity contribution >= 4 is 28.6 Å². The molecule has 0 aliphatic heterocycles. The van der Waals surface area contributed by atoms with Crippen LogP contribution < -0.4 is 5.32 Å². The monoisotopic (exact) mass is 396 g/mol. The molecule has 0 spiro atoms. The van der Waals surface area contributed by atoms with Crippen molar-refractivity contribution in [3.8, 4) is 0 Å². The summed E-state index contributed by atoms with van der Waals surface area (Å²) < 4.78 is 17.8. The molecule has 0 saturated carbocycles. The average Bonchev–Trinajstić information content (AvgIpc) is 3.14. The van der Waals surface area contributed by atoms with Gasteiger partial charge in [0.15, 0.2) is 12.4 Å². The predicted octanol–water partition coefficient (Wildman–Crippen LogP) is 3.17. The first-order valence-corrected chi connectivity index (χ1v) is 9.29. The summed E-state index contributed by atoms with van der Waals surface area (Å²) in [5, 5.41) is 3.81. The highest BCUT2D eigenvalue weighted by molar-refractivity contribution is 5.97. The van der Waals surface area contributed by atoms with Crippen LogP contribution in [0.4, 0.5) is 4.39 Å². The molecule has 1 heterocycles. The third-order valence-corrected chi connectivity index (χ3v) is 4.48. The molecule has 0 unspecified atom stereocenters. The van der Waals surface area contributed by atoms with E-state index in [0.29, 0.717) is 18.5 Å². The molecule has 0 radical (unpaired) electrons. The Labute approximate surface area is 167 Å². The number of hydrogen-bond donors (Lipinski definition) is 2. The quantitative estimate of drug-likeness (QED) is 0.430. The van der Waals surface area contributed by atoms with Gasteiger partial charge in [-0.1, -0.05) is 18.2 Å². The predicted molar refractivity (Wildman–Crippen MR) is 106 cm³/mol.